The van der Waals surface area contributed by atoms with Crippen molar-refractivity contribution < 1.29 is 8.42 Å². The van der Waals surface area contributed by atoms with Gasteiger partial charge in [-0.05, 0) is 24.7 Å². The molecule has 0 N–H and O–H groups in total. The summed E-state index contributed by atoms with van der Waals surface area (Å²) in [6.07, 6.45) is 3.74. The first-order chi connectivity index (χ1) is 7.95. The predicted octanol–water partition coefficient (Wildman–Crippen LogP) is 1.99. The van der Waals surface area contributed by atoms with Gasteiger partial charge in [-0.3, -0.25) is 0 Å². The van der Waals surface area contributed by atoms with Crippen LogP contribution < -0.4 is 0 Å². The van der Waals surface area contributed by atoms with E-state index in [1.807, 2.05) is 19.9 Å². The number of hydrogen-bond donors (Lipinski definition) is 0. The first kappa shape index (κ1) is 14.5. The number of nitriles is 1. The summed E-state index contributed by atoms with van der Waals surface area (Å²) in [4.78, 5) is 0. The third-order valence-corrected chi connectivity index (χ3v) is 5.30. The van der Waals surface area contributed by atoms with Gasteiger partial charge in [-0.1, -0.05) is 20.3 Å². The Hall–Kier alpha value is -0.600. The molecule has 1 saturated carbocycles. The molecule has 5 heteroatoms. The van der Waals surface area contributed by atoms with E-state index in [1.165, 1.54) is 10.7 Å². The molecule has 4 nitrogen and oxygen atoms in total. The summed E-state index contributed by atoms with van der Waals surface area (Å²) in [6, 6.07) is 2.03. The Labute approximate surface area is 105 Å². The highest BCUT2D eigenvalue weighted by molar-refractivity contribution is 7.89. The van der Waals surface area contributed by atoms with Crippen molar-refractivity contribution in [1.29, 1.82) is 5.26 Å². The Kier molecular flexibility index (Phi) is 5.41. The molecule has 0 aromatic carbocycles. The van der Waals surface area contributed by atoms with Crippen LogP contribution in [0.1, 0.15) is 39.5 Å². The van der Waals surface area contributed by atoms with Crippen molar-refractivity contribution in [1.82, 2.24) is 4.31 Å². The van der Waals surface area contributed by atoms with E-state index in [1.54, 1.807) is 0 Å². The molecule has 0 atom stereocenters. The molecule has 1 aliphatic carbocycles. The number of sulfonamides is 1. The molecule has 0 amide bonds. The lowest BCUT2D eigenvalue weighted by molar-refractivity contribution is 0.247. The minimum absolute atomic E-state index is 0.131. The van der Waals surface area contributed by atoms with E-state index in [0.29, 0.717) is 19.0 Å². The van der Waals surface area contributed by atoms with Crippen molar-refractivity contribution in [3.8, 4) is 6.07 Å². The van der Waals surface area contributed by atoms with Crippen LogP contribution in [0, 0.1) is 23.2 Å². The molecule has 1 aliphatic rings. The van der Waals surface area contributed by atoms with Crippen LogP contribution in [0.25, 0.3) is 0 Å². The van der Waals surface area contributed by atoms with Crippen LogP contribution in [0.3, 0.4) is 0 Å². The van der Waals surface area contributed by atoms with Crippen LogP contribution in [0.5, 0.6) is 0 Å². The Morgan fingerprint density at radius 2 is 2.06 bits per heavy atom. The Balaban J connectivity index is 2.62. The number of nitrogens with zero attached hydrogens (tertiary/aromatic N) is 2. The minimum Gasteiger partial charge on any atom is -0.212 e. The first-order valence-electron chi connectivity index (χ1n) is 6.30. The largest absolute Gasteiger partial charge is 0.214 e. The van der Waals surface area contributed by atoms with Gasteiger partial charge in [0.25, 0.3) is 0 Å². The fourth-order valence-electron chi connectivity index (χ4n) is 2.01. The minimum atomic E-state index is -3.18. The lowest BCUT2D eigenvalue weighted by Crippen LogP contribution is -2.40. The zero-order chi connectivity index (χ0) is 12.9. The van der Waals surface area contributed by atoms with Gasteiger partial charge in [-0.2, -0.15) is 5.26 Å². The summed E-state index contributed by atoms with van der Waals surface area (Å²) in [5.41, 5.74) is 0. The maximum Gasteiger partial charge on any atom is 0.214 e. The first-order valence-corrected chi connectivity index (χ1v) is 7.91. The zero-order valence-electron chi connectivity index (χ0n) is 10.7. The standard InChI is InChI=1S/C12H22N2O2S/c1-11(2)10-17(15,16)14(8-4-7-13)9-12-5-3-6-12/h11-12H,3-6,8-10H2,1-2H3. The van der Waals surface area contributed by atoms with Gasteiger partial charge >= 0.3 is 0 Å². The molecule has 0 bridgehead atoms. The molecule has 0 saturated heterocycles. The van der Waals surface area contributed by atoms with Crippen molar-refractivity contribution in [2.24, 2.45) is 11.8 Å². The Morgan fingerprint density at radius 3 is 2.47 bits per heavy atom. The monoisotopic (exact) mass is 258 g/mol. The van der Waals surface area contributed by atoms with Crippen LogP contribution in [0.4, 0.5) is 0 Å². The fraction of sp³-hybridized carbons (Fsp3) is 0.917. The normalized spacial score (nSPS) is 17.1. The van der Waals surface area contributed by atoms with Crippen molar-refractivity contribution in [3.63, 3.8) is 0 Å². The second kappa shape index (κ2) is 6.36. The Morgan fingerprint density at radius 1 is 1.41 bits per heavy atom. The molecule has 0 aromatic rings. The van der Waals surface area contributed by atoms with Gasteiger partial charge < -0.3 is 0 Å². The Bertz CT molecular complexity index is 366. The summed E-state index contributed by atoms with van der Waals surface area (Å²) < 4.78 is 25.8. The highest BCUT2D eigenvalue weighted by Crippen LogP contribution is 2.28. The van der Waals surface area contributed by atoms with Gasteiger partial charge in [0.1, 0.15) is 0 Å². The van der Waals surface area contributed by atoms with Gasteiger partial charge in [0, 0.05) is 19.5 Å². The van der Waals surface area contributed by atoms with Gasteiger partial charge in [0.15, 0.2) is 0 Å². The summed E-state index contributed by atoms with van der Waals surface area (Å²) in [7, 11) is -3.18. The molecule has 0 spiro atoms. The van der Waals surface area contributed by atoms with E-state index in [9.17, 15) is 8.42 Å². The zero-order valence-corrected chi connectivity index (χ0v) is 11.5. The second-order valence-electron chi connectivity index (χ2n) is 5.24. The van der Waals surface area contributed by atoms with Gasteiger partial charge in [-0.25, -0.2) is 12.7 Å². The molecule has 0 radical (unpaired) electrons. The third-order valence-electron chi connectivity index (χ3n) is 3.10. The van der Waals surface area contributed by atoms with Gasteiger partial charge in [0.05, 0.1) is 11.8 Å². The van der Waals surface area contributed by atoms with Crippen LogP contribution in [-0.4, -0.2) is 31.6 Å². The van der Waals surface area contributed by atoms with E-state index < -0.39 is 10.0 Å². The fourth-order valence-corrected chi connectivity index (χ4v) is 3.87. The molecule has 98 valence electrons. The second-order valence-corrected chi connectivity index (χ2v) is 7.25. The molecule has 1 rings (SSSR count). The molecule has 0 unspecified atom stereocenters. The molecular weight excluding hydrogens is 236 g/mol. The smallest absolute Gasteiger partial charge is 0.212 e. The lowest BCUT2D eigenvalue weighted by Gasteiger charge is -2.31. The van der Waals surface area contributed by atoms with Crippen LogP contribution in [-0.2, 0) is 10.0 Å². The highest BCUT2D eigenvalue weighted by atomic mass is 32.2. The summed E-state index contributed by atoms with van der Waals surface area (Å²) in [5, 5.41) is 8.60. The maximum absolute atomic E-state index is 12.1. The van der Waals surface area contributed by atoms with E-state index in [0.717, 1.165) is 12.8 Å². The van der Waals surface area contributed by atoms with Gasteiger partial charge in [-0.15, -0.1) is 0 Å². The molecule has 1 fully saturated rings. The summed E-state index contributed by atoms with van der Waals surface area (Å²) in [6.45, 7) is 4.77. The molecule has 0 aliphatic heterocycles. The van der Waals surface area contributed by atoms with Crippen molar-refractivity contribution in [2.45, 2.75) is 39.5 Å². The molecule has 0 aromatic heterocycles. The van der Waals surface area contributed by atoms with E-state index in [2.05, 4.69) is 0 Å². The van der Waals surface area contributed by atoms with Gasteiger partial charge in [0.2, 0.25) is 10.0 Å². The summed E-state index contributed by atoms with van der Waals surface area (Å²) in [5.74, 6) is 0.826. The van der Waals surface area contributed by atoms with Crippen LogP contribution in [0.2, 0.25) is 0 Å². The number of rotatable bonds is 7. The lowest BCUT2D eigenvalue weighted by atomic mass is 9.85. The average molecular weight is 258 g/mol. The topological polar surface area (TPSA) is 61.2 Å². The quantitative estimate of drug-likeness (QED) is 0.701. The molecule has 17 heavy (non-hydrogen) atoms. The highest BCUT2D eigenvalue weighted by Gasteiger charge is 2.28. The average Bonchev–Trinajstić information content (AvgIpc) is 2.12. The van der Waals surface area contributed by atoms with Crippen molar-refractivity contribution in [3.05, 3.63) is 0 Å². The third kappa shape index (κ3) is 4.64. The predicted molar refractivity (Wildman–Crippen MR) is 67.8 cm³/mol. The van der Waals surface area contributed by atoms with E-state index >= 15 is 0 Å². The van der Waals surface area contributed by atoms with Crippen molar-refractivity contribution in [2.75, 3.05) is 18.8 Å². The summed E-state index contributed by atoms with van der Waals surface area (Å²) >= 11 is 0. The van der Waals surface area contributed by atoms with Crippen LogP contribution in [0.15, 0.2) is 0 Å². The molecular formula is C12H22N2O2S. The molecule has 0 heterocycles. The van der Waals surface area contributed by atoms with Crippen molar-refractivity contribution >= 4 is 10.0 Å². The van der Waals surface area contributed by atoms with Crippen LogP contribution >= 0.6 is 0 Å². The van der Waals surface area contributed by atoms with E-state index in [-0.39, 0.29) is 18.1 Å². The SMILES string of the molecule is CC(C)CS(=O)(=O)N(CCC#N)CC1CCC1. The van der Waals surface area contributed by atoms with E-state index in [4.69, 9.17) is 5.26 Å². The number of hydrogen-bond acceptors (Lipinski definition) is 3. The maximum atomic E-state index is 12.1.